The van der Waals surface area contributed by atoms with Crippen molar-refractivity contribution in [2.24, 2.45) is 0 Å². The predicted octanol–water partition coefficient (Wildman–Crippen LogP) is 3.30. The van der Waals surface area contributed by atoms with Crippen LogP contribution in [0.25, 0.3) is 0 Å². The Morgan fingerprint density at radius 2 is 2.11 bits per heavy atom. The molecule has 1 aromatic rings. The Labute approximate surface area is 115 Å². The molecule has 1 unspecified atom stereocenters. The molecule has 0 aliphatic rings. The number of rotatable bonds is 9. The monoisotopic (exact) mass is 269 g/mol. The summed E-state index contributed by atoms with van der Waals surface area (Å²) in [6, 6.07) is 5.22. The maximum absolute atomic E-state index is 14.3. The van der Waals surface area contributed by atoms with Crippen LogP contribution in [0, 0.1) is 5.82 Å². The van der Waals surface area contributed by atoms with Gasteiger partial charge in [0, 0.05) is 24.8 Å². The van der Waals surface area contributed by atoms with E-state index in [2.05, 4.69) is 12.2 Å². The van der Waals surface area contributed by atoms with E-state index in [-0.39, 0.29) is 17.6 Å². The van der Waals surface area contributed by atoms with Gasteiger partial charge in [-0.25, -0.2) is 4.39 Å². The molecular weight excluding hydrogens is 245 g/mol. The fourth-order valence-electron chi connectivity index (χ4n) is 1.99. The lowest BCUT2D eigenvalue weighted by Crippen LogP contribution is -2.24. The van der Waals surface area contributed by atoms with Gasteiger partial charge in [-0.1, -0.05) is 19.1 Å². The van der Waals surface area contributed by atoms with Gasteiger partial charge < -0.3 is 14.8 Å². The van der Waals surface area contributed by atoms with Crippen LogP contribution < -0.4 is 10.1 Å². The Morgan fingerprint density at radius 3 is 2.74 bits per heavy atom. The smallest absolute Gasteiger partial charge is 0.169 e. The zero-order valence-electron chi connectivity index (χ0n) is 12.0. The highest BCUT2D eigenvalue weighted by Gasteiger charge is 2.17. The molecule has 0 aliphatic heterocycles. The molecule has 3 nitrogen and oxygen atoms in total. The molecule has 0 bridgehead atoms. The van der Waals surface area contributed by atoms with Crippen LogP contribution in [0.5, 0.6) is 5.75 Å². The summed E-state index contributed by atoms with van der Waals surface area (Å²) in [5.74, 6) is 0.00677. The SMILES string of the molecule is CCCNC(CCOCC)c1cccc(OC)c1F. The summed E-state index contributed by atoms with van der Waals surface area (Å²) in [7, 11) is 1.48. The molecule has 1 aromatic carbocycles. The molecular formula is C15H24FNO2. The van der Waals surface area contributed by atoms with Crippen LogP contribution in [-0.2, 0) is 4.74 Å². The van der Waals surface area contributed by atoms with E-state index < -0.39 is 0 Å². The molecule has 19 heavy (non-hydrogen) atoms. The maximum atomic E-state index is 14.3. The number of hydrogen-bond donors (Lipinski definition) is 1. The van der Waals surface area contributed by atoms with Crippen LogP contribution in [0.2, 0.25) is 0 Å². The van der Waals surface area contributed by atoms with E-state index in [1.807, 2.05) is 13.0 Å². The van der Waals surface area contributed by atoms with Crippen LogP contribution in [0.3, 0.4) is 0 Å². The Kier molecular flexibility index (Phi) is 7.45. The van der Waals surface area contributed by atoms with E-state index >= 15 is 0 Å². The molecule has 0 fully saturated rings. The van der Waals surface area contributed by atoms with Crippen molar-refractivity contribution < 1.29 is 13.9 Å². The maximum Gasteiger partial charge on any atom is 0.169 e. The zero-order valence-corrected chi connectivity index (χ0v) is 12.0. The van der Waals surface area contributed by atoms with E-state index in [0.29, 0.717) is 18.8 Å². The Bertz CT molecular complexity index is 371. The summed E-state index contributed by atoms with van der Waals surface area (Å²) >= 11 is 0. The first kappa shape index (κ1) is 15.9. The van der Waals surface area contributed by atoms with Gasteiger partial charge in [0.2, 0.25) is 0 Å². The summed E-state index contributed by atoms with van der Waals surface area (Å²) in [5.41, 5.74) is 0.646. The largest absolute Gasteiger partial charge is 0.494 e. The Morgan fingerprint density at radius 1 is 1.32 bits per heavy atom. The molecule has 0 heterocycles. The van der Waals surface area contributed by atoms with Crippen LogP contribution in [-0.4, -0.2) is 26.9 Å². The van der Waals surface area contributed by atoms with E-state index in [1.165, 1.54) is 7.11 Å². The first-order chi connectivity index (χ1) is 9.24. The molecule has 1 N–H and O–H groups in total. The van der Waals surface area contributed by atoms with E-state index in [0.717, 1.165) is 19.4 Å². The van der Waals surface area contributed by atoms with Crippen molar-refractivity contribution >= 4 is 0 Å². The first-order valence-corrected chi connectivity index (χ1v) is 6.88. The number of ether oxygens (including phenoxy) is 2. The lowest BCUT2D eigenvalue weighted by molar-refractivity contribution is 0.136. The number of benzene rings is 1. The summed E-state index contributed by atoms with van der Waals surface area (Å²) in [6.07, 6.45) is 1.76. The molecule has 0 saturated carbocycles. The summed E-state index contributed by atoms with van der Waals surface area (Å²) in [5, 5.41) is 3.36. The van der Waals surface area contributed by atoms with Crippen molar-refractivity contribution in [2.45, 2.75) is 32.7 Å². The standard InChI is InChI=1S/C15H24FNO2/c1-4-10-17-13(9-11-19-5-2)12-7-6-8-14(18-3)15(12)16/h6-8,13,17H,4-5,9-11H2,1-3H3. The number of hydrogen-bond acceptors (Lipinski definition) is 3. The van der Waals surface area contributed by atoms with Crippen molar-refractivity contribution in [3.8, 4) is 5.75 Å². The van der Waals surface area contributed by atoms with Crippen LogP contribution >= 0.6 is 0 Å². The topological polar surface area (TPSA) is 30.5 Å². The van der Waals surface area contributed by atoms with Crippen molar-refractivity contribution in [2.75, 3.05) is 26.9 Å². The van der Waals surface area contributed by atoms with Crippen molar-refractivity contribution in [1.82, 2.24) is 5.32 Å². The Hall–Kier alpha value is -1.13. The second-order valence-electron chi connectivity index (χ2n) is 4.36. The second-order valence-corrected chi connectivity index (χ2v) is 4.36. The molecule has 0 spiro atoms. The highest BCUT2D eigenvalue weighted by molar-refractivity contribution is 5.33. The minimum absolute atomic E-state index is 0.0402. The fraction of sp³-hybridized carbons (Fsp3) is 0.600. The van der Waals surface area contributed by atoms with Gasteiger partial charge in [-0.15, -0.1) is 0 Å². The minimum atomic E-state index is -0.282. The first-order valence-electron chi connectivity index (χ1n) is 6.88. The average molecular weight is 269 g/mol. The lowest BCUT2D eigenvalue weighted by Gasteiger charge is -2.20. The van der Waals surface area contributed by atoms with Crippen molar-refractivity contribution in [3.63, 3.8) is 0 Å². The number of methoxy groups -OCH3 is 1. The van der Waals surface area contributed by atoms with E-state index in [4.69, 9.17) is 9.47 Å². The van der Waals surface area contributed by atoms with Gasteiger partial charge in [-0.2, -0.15) is 0 Å². The lowest BCUT2D eigenvalue weighted by atomic mass is 10.0. The van der Waals surface area contributed by atoms with Gasteiger partial charge in [0.15, 0.2) is 11.6 Å². The molecule has 0 aromatic heterocycles. The van der Waals surface area contributed by atoms with Gasteiger partial charge in [-0.3, -0.25) is 0 Å². The van der Waals surface area contributed by atoms with Crippen LogP contribution in [0.1, 0.15) is 38.3 Å². The molecule has 0 saturated heterocycles. The fourth-order valence-corrected chi connectivity index (χ4v) is 1.99. The minimum Gasteiger partial charge on any atom is -0.494 e. The molecule has 0 amide bonds. The van der Waals surface area contributed by atoms with Crippen molar-refractivity contribution in [3.05, 3.63) is 29.6 Å². The molecule has 1 atom stereocenters. The average Bonchev–Trinajstić information content (AvgIpc) is 2.43. The third-order valence-corrected chi connectivity index (χ3v) is 2.98. The van der Waals surface area contributed by atoms with Gasteiger partial charge in [0.05, 0.1) is 7.11 Å². The summed E-state index contributed by atoms with van der Waals surface area (Å²) < 4.78 is 24.7. The Balaban J connectivity index is 2.82. The third kappa shape index (κ3) is 4.80. The highest BCUT2D eigenvalue weighted by atomic mass is 19.1. The molecule has 0 radical (unpaired) electrons. The number of halogens is 1. The van der Waals surface area contributed by atoms with Gasteiger partial charge in [0.1, 0.15) is 0 Å². The molecule has 1 rings (SSSR count). The summed E-state index contributed by atoms with van der Waals surface area (Å²) in [6.45, 7) is 6.21. The van der Waals surface area contributed by atoms with Gasteiger partial charge in [-0.05, 0) is 32.4 Å². The van der Waals surface area contributed by atoms with E-state index in [1.54, 1.807) is 12.1 Å². The van der Waals surface area contributed by atoms with Crippen LogP contribution in [0.4, 0.5) is 4.39 Å². The second kappa shape index (κ2) is 8.88. The van der Waals surface area contributed by atoms with Crippen LogP contribution in [0.15, 0.2) is 18.2 Å². The summed E-state index contributed by atoms with van der Waals surface area (Å²) in [4.78, 5) is 0. The van der Waals surface area contributed by atoms with Gasteiger partial charge in [0.25, 0.3) is 0 Å². The molecule has 0 aliphatic carbocycles. The molecule has 108 valence electrons. The quantitative estimate of drug-likeness (QED) is 0.698. The third-order valence-electron chi connectivity index (χ3n) is 2.98. The normalized spacial score (nSPS) is 12.4. The highest BCUT2D eigenvalue weighted by Crippen LogP contribution is 2.26. The van der Waals surface area contributed by atoms with E-state index in [9.17, 15) is 4.39 Å². The van der Waals surface area contributed by atoms with Gasteiger partial charge >= 0.3 is 0 Å². The molecule has 4 heteroatoms. The predicted molar refractivity (Wildman–Crippen MR) is 75.1 cm³/mol. The number of nitrogens with one attached hydrogen (secondary N) is 1. The van der Waals surface area contributed by atoms with Crippen molar-refractivity contribution in [1.29, 1.82) is 0 Å². The zero-order chi connectivity index (χ0) is 14.1.